The number of non-ortho nitro benzene ring substituents is 1. The number of methoxy groups -OCH3 is 1. The Labute approximate surface area is 210 Å². The minimum absolute atomic E-state index is 0.109. The minimum Gasteiger partial charge on any atom is -0.497 e. The Balaban J connectivity index is 1.85. The quantitative estimate of drug-likeness (QED) is 0.362. The summed E-state index contributed by atoms with van der Waals surface area (Å²) in [5.41, 5.74) is 1.43. The SMILES string of the molecule is COc1ccc(-n2nc(C(C)(C)C)cc2NC(=O)CN(C(=O)c2ccc([N+](=O)[O-])cc2)C(C)C)cc1. The number of ether oxygens (including phenoxy) is 1. The van der Waals surface area contributed by atoms with Crippen LogP contribution in [-0.2, 0) is 10.2 Å². The Kier molecular flexibility index (Phi) is 7.77. The van der Waals surface area contributed by atoms with Crippen LogP contribution in [-0.4, -0.2) is 51.1 Å². The predicted octanol–water partition coefficient (Wildman–Crippen LogP) is 4.58. The van der Waals surface area contributed by atoms with Gasteiger partial charge in [-0.05, 0) is 50.2 Å². The highest BCUT2D eigenvalue weighted by Gasteiger charge is 2.25. The monoisotopic (exact) mass is 493 g/mol. The van der Waals surface area contributed by atoms with E-state index in [2.05, 4.69) is 5.32 Å². The van der Waals surface area contributed by atoms with Crippen molar-refractivity contribution in [2.24, 2.45) is 0 Å². The second kappa shape index (κ2) is 10.6. The molecule has 0 radical (unpaired) electrons. The van der Waals surface area contributed by atoms with Crippen LogP contribution in [0.4, 0.5) is 11.5 Å². The number of hydrogen-bond donors (Lipinski definition) is 1. The average Bonchev–Trinajstić information content (AvgIpc) is 3.26. The zero-order chi connectivity index (χ0) is 26.6. The highest BCUT2D eigenvalue weighted by Crippen LogP contribution is 2.27. The van der Waals surface area contributed by atoms with Crippen LogP contribution in [0.1, 0.15) is 50.7 Å². The highest BCUT2D eigenvalue weighted by atomic mass is 16.6. The van der Waals surface area contributed by atoms with Crippen LogP contribution in [0, 0.1) is 10.1 Å². The van der Waals surface area contributed by atoms with Crippen molar-refractivity contribution >= 4 is 23.3 Å². The van der Waals surface area contributed by atoms with E-state index in [4.69, 9.17) is 9.84 Å². The normalized spacial score (nSPS) is 11.3. The van der Waals surface area contributed by atoms with Gasteiger partial charge >= 0.3 is 0 Å². The fourth-order valence-corrected chi connectivity index (χ4v) is 3.47. The summed E-state index contributed by atoms with van der Waals surface area (Å²) in [7, 11) is 1.59. The van der Waals surface area contributed by atoms with E-state index in [0.29, 0.717) is 11.6 Å². The van der Waals surface area contributed by atoms with Crippen LogP contribution in [0.3, 0.4) is 0 Å². The first-order valence-corrected chi connectivity index (χ1v) is 11.5. The third kappa shape index (κ3) is 6.07. The number of benzene rings is 2. The number of carbonyl (C=O) groups is 2. The molecule has 0 saturated carbocycles. The van der Waals surface area contributed by atoms with Crippen LogP contribution in [0.5, 0.6) is 5.75 Å². The second-order valence-corrected chi connectivity index (χ2v) is 9.65. The smallest absolute Gasteiger partial charge is 0.269 e. The molecule has 36 heavy (non-hydrogen) atoms. The molecule has 0 unspecified atom stereocenters. The third-order valence-corrected chi connectivity index (χ3v) is 5.59. The third-order valence-electron chi connectivity index (χ3n) is 5.59. The highest BCUT2D eigenvalue weighted by molar-refractivity contribution is 5.99. The first kappa shape index (κ1) is 26.4. The molecule has 0 fully saturated rings. The molecule has 10 heteroatoms. The van der Waals surface area contributed by atoms with Crippen LogP contribution in [0.25, 0.3) is 5.69 Å². The Morgan fingerprint density at radius 2 is 1.72 bits per heavy atom. The van der Waals surface area contributed by atoms with E-state index in [1.807, 2.05) is 51.1 Å². The number of nitro benzene ring substituents is 1. The van der Waals surface area contributed by atoms with Gasteiger partial charge in [0, 0.05) is 35.2 Å². The lowest BCUT2D eigenvalue weighted by molar-refractivity contribution is -0.384. The fourth-order valence-electron chi connectivity index (χ4n) is 3.47. The molecule has 3 rings (SSSR count). The lowest BCUT2D eigenvalue weighted by Crippen LogP contribution is -2.42. The summed E-state index contributed by atoms with van der Waals surface area (Å²) in [4.78, 5) is 38.0. The number of anilines is 1. The van der Waals surface area contributed by atoms with E-state index in [1.54, 1.807) is 25.6 Å². The van der Waals surface area contributed by atoms with Crippen LogP contribution in [0.2, 0.25) is 0 Å². The summed E-state index contributed by atoms with van der Waals surface area (Å²) in [6, 6.07) is 14.2. The predicted molar refractivity (Wildman–Crippen MR) is 137 cm³/mol. The van der Waals surface area contributed by atoms with E-state index in [9.17, 15) is 19.7 Å². The maximum absolute atomic E-state index is 13.1. The molecule has 3 aromatic rings. The van der Waals surface area contributed by atoms with E-state index in [1.165, 1.54) is 29.2 Å². The van der Waals surface area contributed by atoms with Crippen molar-refractivity contribution in [3.63, 3.8) is 0 Å². The lowest BCUT2D eigenvalue weighted by Gasteiger charge is -2.26. The molecule has 0 aliphatic rings. The lowest BCUT2D eigenvalue weighted by atomic mass is 9.92. The summed E-state index contributed by atoms with van der Waals surface area (Å²) in [6.07, 6.45) is 0. The Hall–Kier alpha value is -4.21. The molecule has 10 nitrogen and oxygen atoms in total. The fraction of sp³-hybridized carbons (Fsp3) is 0.346. The number of carbonyl (C=O) groups excluding carboxylic acids is 2. The summed E-state index contributed by atoms with van der Waals surface area (Å²) in [5.74, 6) is 0.384. The van der Waals surface area contributed by atoms with Crippen LogP contribution in [0.15, 0.2) is 54.6 Å². The van der Waals surface area contributed by atoms with Crippen molar-refractivity contribution in [2.75, 3.05) is 19.0 Å². The number of hydrogen-bond acceptors (Lipinski definition) is 6. The molecule has 0 bridgehead atoms. The number of rotatable bonds is 8. The molecule has 0 aliphatic heterocycles. The first-order valence-electron chi connectivity index (χ1n) is 11.5. The van der Waals surface area contributed by atoms with Gasteiger partial charge in [-0.1, -0.05) is 20.8 Å². The van der Waals surface area contributed by atoms with Gasteiger partial charge in [0.15, 0.2) is 0 Å². The van der Waals surface area contributed by atoms with Crippen molar-refractivity contribution in [3.05, 3.63) is 76.0 Å². The van der Waals surface area contributed by atoms with E-state index < -0.39 is 16.7 Å². The van der Waals surface area contributed by atoms with Gasteiger partial charge in [0.2, 0.25) is 5.91 Å². The average molecular weight is 494 g/mol. The van der Waals surface area contributed by atoms with Gasteiger partial charge in [-0.3, -0.25) is 19.7 Å². The second-order valence-electron chi connectivity index (χ2n) is 9.65. The molecule has 190 valence electrons. The zero-order valence-electron chi connectivity index (χ0n) is 21.3. The molecular weight excluding hydrogens is 462 g/mol. The summed E-state index contributed by atoms with van der Waals surface area (Å²) < 4.78 is 6.88. The van der Waals surface area contributed by atoms with E-state index >= 15 is 0 Å². The topological polar surface area (TPSA) is 120 Å². The summed E-state index contributed by atoms with van der Waals surface area (Å²) in [5, 5.41) is 18.5. The number of nitro groups is 1. The Morgan fingerprint density at radius 3 is 2.22 bits per heavy atom. The van der Waals surface area contributed by atoms with Gasteiger partial charge in [0.25, 0.3) is 11.6 Å². The standard InChI is InChI=1S/C26H31N5O5/c1-17(2)29(25(33)18-7-9-20(10-8-18)31(34)35)16-24(32)27-23-15-22(26(3,4)5)28-30(23)19-11-13-21(36-6)14-12-19/h7-15,17H,16H2,1-6H3,(H,27,32). The van der Waals surface area contributed by atoms with Crippen molar-refractivity contribution in [3.8, 4) is 11.4 Å². The van der Waals surface area contributed by atoms with Crippen LogP contribution < -0.4 is 10.1 Å². The molecule has 2 aromatic carbocycles. The molecule has 1 heterocycles. The van der Waals surface area contributed by atoms with Crippen molar-refractivity contribution in [1.82, 2.24) is 14.7 Å². The number of nitrogens with zero attached hydrogens (tertiary/aromatic N) is 4. The molecule has 0 atom stereocenters. The number of amides is 2. The van der Waals surface area contributed by atoms with Gasteiger partial charge in [-0.25, -0.2) is 4.68 Å². The number of nitrogens with one attached hydrogen (secondary N) is 1. The Morgan fingerprint density at radius 1 is 1.11 bits per heavy atom. The van der Waals surface area contributed by atoms with Crippen molar-refractivity contribution < 1.29 is 19.2 Å². The molecule has 0 saturated heterocycles. The molecular formula is C26H31N5O5. The van der Waals surface area contributed by atoms with Crippen molar-refractivity contribution in [2.45, 2.75) is 46.1 Å². The molecule has 1 N–H and O–H groups in total. The van der Waals surface area contributed by atoms with Gasteiger partial charge in [-0.2, -0.15) is 5.10 Å². The van der Waals surface area contributed by atoms with Crippen LogP contribution >= 0.6 is 0 Å². The van der Waals surface area contributed by atoms with E-state index in [-0.39, 0.29) is 29.3 Å². The summed E-state index contributed by atoms with van der Waals surface area (Å²) in [6.45, 7) is 9.49. The van der Waals surface area contributed by atoms with Crippen molar-refractivity contribution in [1.29, 1.82) is 0 Å². The molecule has 0 aliphatic carbocycles. The maximum atomic E-state index is 13.1. The Bertz CT molecular complexity index is 1240. The molecule has 0 spiro atoms. The first-order chi connectivity index (χ1) is 16.9. The minimum atomic E-state index is -0.528. The summed E-state index contributed by atoms with van der Waals surface area (Å²) >= 11 is 0. The number of aromatic nitrogens is 2. The zero-order valence-corrected chi connectivity index (χ0v) is 21.3. The van der Waals surface area contributed by atoms with Gasteiger partial charge in [0.1, 0.15) is 18.1 Å². The van der Waals surface area contributed by atoms with Gasteiger partial charge < -0.3 is 15.0 Å². The van der Waals surface area contributed by atoms with Gasteiger partial charge in [0.05, 0.1) is 23.4 Å². The molecule has 1 aromatic heterocycles. The van der Waals surface area contributed by atoms with E-state index in [0.717, 1.165) is 11.4 Å². The maximum Gasteiger partial charge on any atom is 0.269 e. The van der Waals surface area contributed by atoms with Gasteiger partial charge in [-0.15, -0.1) is 0 Å². The largest absolute Gasteiger partial charge is 0.497 e. The molecule has 2 amide bonds.